The van der Waals surface area contributed by atoms with Gasteiger partial charge in [0, 0.05) is 6.04 Å². The van der Waals surface area contributed by atoms with Crippen LogP contribution in [0, 0.1) is 5.92 Å². The Hall–Kier alpha value is -2.35. The van der Waals surface area contributed by atoms with E-state index in [0.29, 0.717) is 19.4 Å². The number of alkyl halides is 6. The van der Waals surface area contributed by atoms with Gasteiger partial charge in [-0.2, -0.15) is 26.3 Å². The Labute approximate surface area is 189 Å². The molecule has 0 amide bonds. The molecular formula is C25H27F6NO. The molecule has 8 heteroatoms. The third-order valence-electron chi connectivity index (χ3n) is 6.11. The van der Waals surface area contributed by atoms with E-state index in [2.05, 4.69) is 4.90 Å². The molecule has 2 nitrogen and oxygen atoms in total. The Morgan fingerprint density at radius 3 is 2.12 bits per heavy atom. The van der Waals surface area contributed by atoms with Crippen LogP contribution in [0.5, 0.6) is 0 Å². The van der Waals surface area contributed by atoms with E-state index in [4.69, 9.17) is 0 Å². The van der Waals surface area contributed by atoms with Gasteiger partial charge >= 0.3 is 12.4 Å². The third-order valence-corrected chi connectivity index (χ3v) is 6.11. The summed E-state index contributed by atoms with van der Waals surface area (Å²) in [6.45, 7) is 2.63. The summed E-state index contributed by atoms with van der Waals surface area (Å²) in [7, 11) is 0. The lowest BCUT2D eigenvalue weighted by molar-refractivity contribution is -0.143. The van der Waals surface area contributed by atoms with Crippen molar-refractivity contribution in [2.45, 2.75) is 57.4 Å². The highest BCUT2D eigenvalue weighted by molar-refractivity contribution is 5.77. The molecule has 0 bridgehead atoms. The standard InChI is InChI=1S/C25H27F6NO/c1-17(33)16-32-12-6-11-20(23(32)19-8-3-2-4-9-19)10-5-7-18-13-21(24(26,27)28)15-22(14-18)25(29,30)31/h2-4,8-9,13-15,20,23H,5-7,10-12,16H2,1H3/t20-,23-/m0/s1. The first-order valence-corrected chi connectivity index (χ1v) is 11.0. The fourth-order valence-electron chi connectivity index (χ4n) is 4.78. The number of likely N-dealkylation sites (tertiary alicyclic amines) is 1. The number of benzene rings is 2. The number of halogens is 6. The summed E-state index contributed by atoms with van der Waals surface area (Å²) in [6, 6.07) is 11.5. The monoisotopic (exact) mass is 471 g/mol. The van der Waals surface area contributed by atoms with E-state index in [0.717, 1.165) is 37.1 Å². The predicted molar refractivity (Wildman–Crippen MR) is 114 cm³/mol. The molecule has 1 aliphatic rings. The quantitative estimate of drug-likeness (QED) is 0.402. The van der Waals surface area contributed by atoms with Crippen LogP contribution < -0.4 is 0 Å². The first kappa shape index (κ1) is 25.3. The molecule has 0 spiro atoms. The first-order chi connectivity index (χ1) is 15.4. The maximum absolute atomic E-state index is 13.1. The molecule has 2 aromatic carbocycles. The Bertz CT molecular complexity index is 906. The number of rotatable bonds is 7. The van der Waals surface area contributed by atoms with Gasteiger partial charge in [-0.3, -0.25) is 9.69 Å². The average molecular weight is 471 g/mol. The Balaban J connectivity index is 1.77. The number of piperidine rings is 1. The second-order valence-electron chi connectivity index (χ2n) is 8.74. The van der Waals surface area contributed by atoms with E-state index in [9.17, 15) is 31.1 Å². The minimum Gasteiger partial charge on any atom is -0.299 e. The van der Waals surface area contributed by atoms with Gasteiger partial charge in [0.1, 0.15) is 5.78 Å². The minimum absolute atomic E-state index is 0.00362. The van der Waals surface area contributed by atoms with Crippen molar-refractivity contribution in [1.29, 1.82) is 0 Å². The zero-order valence-corrected chi connectivity index (χ0v) is 18.3. The van der Waals surface area contributed by atoms with Crippen molar-refractivity contribution in [3.63, 3.8) is 0 Å². The lowest BCUT2D eigenvalue weighted by atomic mass is 9.81. The summed E-state index contributed by atoms with van der Waals surface area (Å²) in [6.07, 6.45) is -6.67. The molecule has 0 radical (unpaired) electrons. The van der Waals surface area contributed by atoms with Gasteiger partial charge in [-0.1, -0.05) is 30.3 Å². The van der Waals surface area contributed by atoms with Crippen LogP contribution in [-0.2, 0) is 23.6 Å². The smallest absolute Gasteiger partial charge is 0.299 e. The highest BCUT2D eigenvalue weighted by atomic mass is 19.4. The fourth-order valence-corrected chi connectivity index (χ4v) is 4.78. The molecule has 1 fully saturated rings. The molecule has 1 heterocycles. The highest BCUT2D eigenvalue weighted by Crippen LogP contribution is 2.40. The summed E-state index contributed by atoms with van der Waals surface area (Å²) in [5.74, 6) is 0.216. The van der Waals surface area contributed by atoms with Crippen LogP contribution in [0.15, 0.2) is 48.5 Å². The second-order valence-corrected chi connectivity index (χ2v) is 8.74. The van der Waals surface area contributed by atoms with Gasteiger partial charge in [0.2, 0.25) is 0 Å². The molecule has 0 unspecified atom stereocenters. The van der Waals surface area contributed by atoms with Crippen molar-refractivity contribution in [3.8, 4) is 0 Å². The number of nitrogens with zero attached hydrogens (tertiary/aromatic N) is 1. The molecule has 180 valence electrons. The normalized spacial score (nSPS) is 20.1. The van der Waals surface area contributed by atoms with Crippen LogP contribution in [0.2, 0.25) is 0 Å². The van der Waals surface area contributed by atoms with Crippen LogP contribution in [0.4, 0.5) is 26.3 Å². The van der Waals surface area contributed by atoms with E-state index >= 15 is 0 Å². The van der Waals surface area contributed by atoms with Gasteiger partial charge in [0.25, 0.3) is 0 Å². The number of carbonyl (C=O) groups is 1. The largest absolute Gasteiger partial charge is 0.416 e. The van der Waals surface area contributed by atoms with Gasteiger partial charge in [0.05, 0.1) is 17.7 Å². The second kappa shape index (κ2) is 10.3. The molecule has 33 heavy (non-hydrogen) atoms. The van der Waals surface area contributed by atoms with Crippen LogP contribution in [0.3, 0.4) is 0 Å². The lowest BCUT2D eigenvalue weighted by Gasteiger charge is -2.41. The van der Waals surface area contributed by atoms with Gasteiger partial charge in [-0.05, 0) is 80.8 Å². The first-order valence-electron chi connectivity index (χ1n) is 11.0. The maximum Gasteiger partial charge on any atom is 0.416 e. The SMILES string of the molecule is CC(=O)CN1CCC[C@H](CCCc2cc(C(F)(F)F)cc(C(F)(F)F)c2)[C@@H]1c1ccccc1. The van der Waals surface area contributed by atoms with Gasteiger partial charge in [-0.15, -0.1) is 0 Å². The zero-order chi connectivity index (χ0) is 24.2. The number of aryl methyl sites for hydroxylation is 1. The van der Waals surface area contributed by atoms with Gasteiger partial charge in [-0.25, -0.2) is 0 Å². The van der Waals surface area contributed by atoms with Gasteiger partial charge < -0.3 is 0 Å². The van der Waals surface area contributed by atoms with Crippen molar-refractivity contribution in [1.82, 2.24) is 4.90 Å². The molecule has 3 rings (SSSR count). The molecule has 2 aromatic rings. The predicted octanol–water partition coefficient (Wildman–Crippen LogP) is 7.09. The number of ketones is 1. The Kier molecular flexibility index (Phi) is 7.88. The molecule has 0 saturated carbocycles. The van der Waals surface area contributed by atoms with E-state index in [1.165, 1.54) is 6.92 Å². The number of Topliss-reactive ketones (excluding diaryl/α,β-unsaturated/α-hetero) is 1. The summed E-state index contributed by atoms with van der Waals surface area (Å²) in [5.41, 5.74) is -1.45. The van der Waals surface area contributed by atoms with Gasteiger partial charge in [0.15, 0.2) is 0 Å². The molecule has 0 N–H and O–H groups in total. The zero-order valence-electron chi connectivity index (χ0n) is 18.3. The van der Waals surface area contributed by atoms with E-state index in [-0.39, 0.29) is 35.8 Å². The molecule has 1 aliphatic heterocycles. The molecular weight excluding hydrogens is 444 g/mol. The van der Waals surface area contributed by atoms with E-state index in [1.807, 2.05) is 30.3 Å². The summed E-state index contributed by atoms with van der Waals surface area (Å²) in [5, 5.41) is 0. The third kappa shape index (κ3) is 6.82. The van der Waals surface area contributed by atoms with Crippen molar-refractivity contribution in [2.24, 2.45) is 5.92 Å². The van der Waals surface area contributed by atoms with Crippen molar-refractivity contribution >= 4 is 5.78 Å². The van der Waals surface area contributed by atoms with Crippen LogP contribution in [0.1, 0.15) is 60.9 Å². The molecule has 0 aliphatic carbocycles. The summed E-state index contributed by atoms with van der Waals surface area (Å²) >= 11 is 0. The number of hydrogen-bond donors (Lipinski definition) is 0. The molecule has 2 atom stereocenters. The average Bonchev–Trinajstić information content (AvgIpc) is 2.73. The van der Waals surface area contributed by atoms with Crippen molar-refractivity contribution < 1.29 is 31.1 Å². The summed E-state index contributed by atoms with van der Waals surface area (Å²) < 4.78 is 78.8. The minimum atomic E-state index is -4.84. The summed E-state index contributed by atoms with van der Waals surface area (Å²) in [4.78, 5) is 13.9. The van der Waals surface area contributed by atoms with Crippen molar-refractivity contribution in [2.75, 3.05) is 13.1 Å². The molecule has 0 aromatic heterocycles. The van der Waals surface area contributed by atoms with E-state index < -0.39 is 23.5 Å². The Morgan fingerprint density at radius 1 is 0.970 bits per heavy atom. The maximum atomic E-state index is 13.1. The van der Waals surface area contributed by atoms with Crippen LogP contribution in [-0.4, -0.2) is 23.8 Å². The fraction of sp³-hybridized carbons (Fsp3) is 0.480. The highest BCUT2D eigenvalue weighted by Gasteiger charge is 2.37. The van der Waals surface area contributed by atoms with Crippen molar-refractivity contribution in [3.05, 3.63) is 70.8 Å². The topological polar surface area (TPSA) is 20.3 Å². The number of hydrogen-bond acceptors (Lipinski definition) is 2. The number of carbonyl (C=O) groups excluding carboxylic acids is 1. The lowest BCUT2D eigenvalue weighted by Crippen LogP contribution is -2.41. The Morgan fingerprint density at radius 2 is 1.58 bits per heavy atom. The molecule has 1 saturated heterocycles. The van der Waals surface area contributed by atoms with Crippen LogP contribution >= 0.6 is 0 Å². The van der Waals surface area contributed by atoms with Crippen LogP contribution in [0.25, 0.3) is 0 Å². The van der Waals surface area contributed by atoms with E-state index in [1.54, 1.807) is 0 Å².